The van der Waals surface area contributed by atoms with Crippen LogP contribution < -0.4 is 0 Å². The zero-order valence-corrected chi connectivity index (χ0v) is 16.6. The molecule has 0 bridgehead atoms. The van der Waals surface area contributed by atoms with Gasteiger partial charge in [0.05, 0.1) is 0 Å². The van der Waals surface area contributed by atoms with Crippen molar-refractivity contribution >= 4 is 11.9 Å². The average Bonchev–Trinajstić information content (AvgIpc) is 2.43. The van der Waals surface area contributed by atoms with Crippen LogP contribution in [0.2, 0.25) is 0 Å². The highest BCUT2D eigenvalue weighted by atomic mass is 16.4. The van der Waals surface area contributed by atoms with E-state index in [0.717, 1.165) is 11.1 Å². The molecule has 0 aliphatic carbocycles. The van der Waals surface area contributed by atoms with Crippen LogP contribution in [0.5, 0.6) is 11.5 Å². The van der Waals surface area contributed by atoms with Gasteiger partial charge in [-0.25, -0.2) is 0 Å². The number of hydrogen-bond donors (Lipinski definition) is 4. The second-order valence-electron chi connectivity index (χ2n) is 8.38. The third-order valence-electron chi connectivity index (χ3n) is 3.74. The molecule has 148 valence electrons. The van der Waals surface area contributed by atoms with E-state index in [0.29, 0.717) is 18.6 Å². The van der Waals surface area contributed by atoms with Gasteiger partial charge in [-0.15, -0.1) is 0 Å². The Kier molecular flexibility index (Phi) is 8.64. The fourth-order valence-electron chi connectivity index (χ4n) is 2.32. The smallest absolute Gasteiger partial charge is 0.303 e. The number of carboxylic acids is 2. The molecular formula is C20H32O6. The quantitative estimate of drug-likeness (QED) is 0.452. The second-order valence-corrected chi connectivity index (χ2v) is 8.38. The predicted octanol–water partition coefficient (Wildman–Crippen LogP) is 4.41. The summed E-state index contributed by atoms with van der Waals surface area (Å²) < 4.78 is 0. The van der Waals surface area contributed by atoms with E-state index in [2.05, 4.69) is 0 Å². The lowest BCUT2D eigenvalue weighted by atomic mass is 9.79. The lowest BCUT2D eigenvalue weighted by Gasteiger charge is -2.27. The van der Waals surface area contributed by atoms with Crippen LogP contribution in [0, 0.1) is 0 Å². The molecule has 6 heteroatoms. The van der Waals surface area contributed by atoms with E-state index in [1.807, 2.05) is 41.5 Å². The fourth-order valence-corrected chi connectivity index (χ4v) is 2.32. The number of phenols is 2. The summed E-state index contributed by atoms with van der Waals surface area (Å²) in [6, 6.07) is 3.29. The van der Waals surface area contributed by atoms with Crippen molar-refractivity contribution in [1.82, 2.24) is 0 Å². The van der Waals surface area contributed by atoms with E-state index >= 15 is 0 Å². The lowest BCUT2D eigenvalue weighted by molar-refractivity contribution is -0.139. The van der Waals surface area contributed by atoms with Gasteiger partial charge in [-0.05, 0) is 35.8 Å². The van der Waals surface area contributed by atoms with Crippen LogP contribution in [0.25, 0.3) is 0 Å². The Hall–Kier alpha value is -2.24. The van der Waals surface area contributed by atoms with E-state index < -0.39 is 11.9 Å². The largest absolute Gasteiger partial charge is 0.508 e. The van der Waals surface area contributed by atoms with E-state index in [9.17, 15) is 19.8 Å². The Balaban J connectivity index is 0.000000541. The Morgan fingerprint density at radius 1 is 0.769 bits per heavy atom. The molecule has 4 N–H and O–H groups in total. The third-order valence-corrected chi connectivity index (χ3v) is 3.74. The molecule has 0 spiro atoms. The van der Waals surface area contributed by atoms with Crippen molar-refractivity contribution in [2.45, 2.75) is 78.1 Å². The summed E-state index contributed by atoms with van der Waals surface area (Å²) in [4.78, 5) is 19.8. The third kappa shape index (κ3) is 8.74. The molecule has 26 heavy (non-hydrogen) atoms. The van der Waals surface area contributed by atoms with Crippen LogP contribution in [0.3, 0.4) is 0 Å². The lowest BCUT2D eigenvalue weighted by Crippen LogP contribution is -2.16. The van der Waals surface area contributed by atoms with E-state index in [4.69, 9.17) is 10.2 Å². The van der Waals surface area contributed by atoms with Gasteiger partial charge in [-0.3, -0.25) is 9.59 Å². The summed E-state index contributed by atoms with van der Waals surface area (Å²) >= 11 is 0. The number of carboxylic acid groups (broad SMARTS) is 2. The molecule has 0 saturated heterocycles. The number of unbranched alkanes of at least 4 members (excludes halogenated alkanes) is 1. The molecule has 0 saturated carbocycles. The number of aliphatic carboxylic acids is 2. The van der Waals surface area contributed by atoms with Gasteiger partial charge in [0.25, 0.3) is 0 Å². The van der Waals surface area contributed by atoms with E-state index in [-0.39, 0.29) is 29.4 Å². The first kappa shape index (κ1) is 23.8. The Morgan fingerprint density at radius 3 is 1.31 bits per heavy atom. The van der Waals surface area contributed by atoms with Gasteiger partial charge in [-0.1, -0.05) is 41.5 Å². The average molecular weight is 368 g/mol. The van der Waals surface area contributed by atoms with Crippen LogP contribution in [-0.4, -0.2) is 32.4 Å². The van der Waals surface area contributed by atoms with Crippen molar-refractivity contribution in [1.29, 1.82) is 0 Å². The topological polar surface area (TPSA) is 115 Å². The first-order valence-corrected chi connectivity index (χ1v) is 8.66. The predicted molar refractivity (Wildman–Crippen MR) is 101 cm³/mol. The van der Waals surface area contributed by atoms with Crippen molar-refractivity contribution in [2.75, 3.05) is 0 Å². The van der Waals surface area contributed by atoms with Gasteiger partial charge in [0.1, 0.15) is 11.5 Å². The van der Waals surface area contributed by atoms with Gasteiger partial charge < -0.3 is 20.4 Å². The number of aromatic hydroxyl groups is 2. The number of phenolic OH excluding ortho intramolecular Hbond substituents is 2. The first-order valence-electron chi connectivity index (χ1n) is 8.66. The van der Waals surface area contributed by atoms with Gasteiger partial charge in [-0.2, -0.15) is 0 Å². The molecule has 0 aromatic heterocycles. The molecule has 0 atom stereocenters. The number of benzene rings is 1. The van der Waals surface area contributed by atoms with Crippen molar-refractivity contribution in [2.24, 2.45) is 0 Å². The highest BCUT2D eigenvalue weighted by Gasteiger charge is 2.26. The van der Waals surface area contributed by atoms with Gasteiger partial charge in [0.2, 0.25) is 0 Å². The molecular weight excluding hydrogens is 336 g/mol. The Morgan fingerprint density at radius 2 is 1.08 bits per heavy atom. The maximum Gasteiger partial charge on any atom is 0.303 e. The van der Waals surface area contributed by atoms with Crippen LogP contribution >= 0.6 is 0 Å². The van der Waals surface area contributed by atoms with Crippen molar-refractivity contribution in [3.8, 4) is 11.5 Å². The zero-order chi connectivity index (χ0) is 20.7. The summed E-state index contributed by atoms with van der Waals surface area (Å²) in [5, 5.41) is 36.3. The second kappa shape index (κ2) is 9.46. The maximum atomic E-state index is 10.3. The fraction of sp³-hybridized carbons (Fsp3) is 0.600. The summed E-state index contributed by atoms with van der Waals surface area (Å²) in [6.45, 7) is 12.1. The molecule has 0 fully saturated rings. The van der Waals surface area contributed by atoms with Crippen molar-refractivity contribution in [3.05, 3.63) is 23.3 Å². The minimum atomic E-state index is -0.870. The van der Waals surface area contributed by atoms with Gasteiger partial charge in [0.15, 0.2) is 0 Å². The molecule has 0 aliphatic heterocycles. The molecule has 1 aromatic rings. The summed E-state index contributed by atoms with van der Waals surface area (Å²) in [5.74, 6) is -1.22. The maximum absolute atomic E-state index is 10.3. The molecule has 0 aliphatic rings. The number of hydrogen-bond acceptors (Lipinski definition) is 4. The molecule has 1 rings (SSSR count). The number of carbonyl (C=O) groups is 2. The van der Waals surface area contributed by atoms with Crippen molar-refractivity contribution in [3.63, 3.8) is 0 Å². The number of rotatable bonds is 5. The van der Waals surface area contributed by atoms with Crippen LogP contribution in [-0.2, 0) is 20.4 Å². The van der Waals surface area contributed by atoms with E-state index in [1.54, 1.807) is 12.1 Å². The molecule has 0 radical (unpaired) electrons. The minimum Gasteiger partial charge on any atom is -0.508 e. The highest BCUT2D eigenvalue weighted by molar-refractivity contribution is 5.67. The molecule has 0 unspecified atom stereocenters. The molecule has 1 aromatic carbocycles. The normalized spacial score (nSPS) is 11.5. The standard InChI is InChI=1S/C14H22O2.C6H10O4/c1-13(2,3)10-7-9(15)8-11(12(10)16)14(4,5)6;7-5(8)3-1-2-4-6(9)10/h7-8,15-16H,1-6H3;1-4H2,(H,7,8)(H,9,10). The van der Waals surface area contributed by atoms with Crippen molar-refractivity contribution < 1.29 is 30.0 Å². The highest BCUT2D eigenvalue weighted by Crippen LogP contribution is 2.41. The molecule has 6 nitrogen and oxygen atoms in total. The Bertz CT molecular complexity index is 569. The van der Waals surface area contributed by atoms with E-state index in [1.165, 1.54) is 0 Å². The first-order chi connectivity index (χ1) is 11.7. The summed E-state index contributed by atoms with van der Waals surface area (Å²) in [5.41, 5.74) is 1.22. The SMILES string of the molecule is CC(C)(C)c1cc(O)cc(C(C)(C)C)c1O.O=C(O)CCCCC(=O)O. The van der Waals surface area contributed by atoms with Gasteiger partial charge >= 0.3 is 11.9 Å². The summed E-state index contributed by atoms with van der Waals surface area (Å²) in [6.07, 6.45) is 1.02. The van der Waals surface area contributed by atoms with Crippen LogP contribution in [0.1, 0.15) is 78.4 Å². The van der Waals surface area contributed by atoms with Gasteiger partial charge in [0, 0.05) is 24.0 Å². The van der Waals surface area contributed by atoms with Crippen LogP contribution in [0.4, 0.5) is 0 Å². The molecule has 0 amide bonds. The summed E-state index contributed by atoms with van der Waals surface area (Å²) in [7, 11) is 0. The van der Waals surface area contributed by atoms with Crippen LogP contribution in [0.15, 0.2) is 12.1 Å². The minimum absolute atomic E-state index is 0.0628. The zero-order valence-electron chi connectivity index (χ0n) is 16.6. The Labute approximate surface area is 155 Å². The monoisotopic (exact) mass is 368 g/mol. The molecule has 0 heterocycles.